The second kappa shape index (κ2) is 6.09. The van der Waals surface area contributed by atoms with Gasteiger partial charge in [-0.05, 0) is 37.9 Å². The van der Waals surface area contributed by atoms with E-state index in [9.17, 15) is 0 Å². The predicted molar refractivity (Wildman–Crippen MR) is 66.3 cm³/mol. The van der Waals surface area contributed by atoms with Crippen LogP contribution in [0.5, 0.6) is 0 Å². The van der Waals surface area contributed by atoms with Gasteiger partial charge in [-0.25, -0.2) is 0 Å². The molecular formula is C14H23NO. The molecule has 2 heteroatoms. The maximum absolute atomic E-state index is 5.55. The minimum absolute atomic E-state index is 0.410. The van der Waals surface area contributed by atoms with Gasteiger partial charge in [-0.1, -0.05) is 32.1 Å². The fraction of sp³-hybridized carbons (Fsp3) is 0.714. The van der Waals surface area contributed by atoms with E-state index in [2.05, 4.69) is 11.4 Å². The van der Waals surface area contributed by atoms with Crippen molar-refractivity contribution in [1.29, 1.82) is 0 Å². The number of hydrogen-bond acceptors (Lipinski definition) is 2. The molecule has 0 amide bonds. The number of furan rings is 1. The molecule has 1 aliphatic carbocycles. The van der Waals surface area contributed by atoms with E-state index in [0.29, 0.717) is 6.04 Å². The monoisotopic (exact) mass is 221 g/mol. The summed E-state index contributed by atoms with van der Waals surface area (Å²) < 4.78 is 5.55. The van der Waals surface area contributed by atoms with Gasteiger partial charge >= 0.3 is 0 Å². The minimum atomic E-state index is 0.410. The van der Waals surface area contributed by atoms with Gasteiger partial charge in [0, 0.05) is 0 Å². The van der Waals surface area contributed by atoms with Crippen molar-refractivity contribution in [1.82, 2.24) is 5.32 Å². The third-order valence-electron chi connectivity index (χ3n) is 3.78. The first kappa shape index (κ1) is 11.7. The van der Waals surface area contributed by atoms with E-state index in [1.54, 1.807) is 6.26 Å². The molecule has 0 radical (unpaired) electrons. The van der Waals surface area contributed by atoms with Gasteiger partial charge in [-0.15, -0.1) is 0 Å². The highest BCUT2D eigenvalue weighted by Gasteiger charge is 2.23. The summed E-state index contributed by atoms with van der Waals surface area (Å²) in [7, 11) is 2.05. The van der Waals surface area contributed by atoms with Crippen LogP contribution in [0, 0.1) is 5.92 Å². The van der Waals surface area contributed by atoms with Crippen LogP contribution < -0.4 is 5.32 Å². The normalized spacial score (nSPS) is 21.3. The van der Waals surface area contributed by atoms with E-state index in [-0.39, 0.29) is 0 Å². The summed E-state index contributed by atoms with van der Waals surface area (Å²) in [6.07, 6.45) is 11.5. The first-order valence-corrected chi connectivity index (χ1v) is 6.62. The third kappa shape index (κ3) is 2.88. The molecule has 0 saturated heterocycles. The molecule has 90 valence electrons. The quantitative estimate of drug-likeness (QED) is 0.837. The summed E-state index contributed by atoms with van der Waals surface area (Å²) >= 11 is 0. The fourth-order valence-electron chi connectivity index (χ4n) is 2.90. The van der Waals surface area contributed by atoms with E-state index < -0.39 is 0 Å². The molecule has 0 aliphatic heterocycles. The Morgan fingerprint density at radius 1 is 1.19 bits per heavy atom. The van der Waals surface area contributed by atoms with Crippen molar-refractivity contribution >= 4 is 0 Å². The standard InChI is InChI=1S/C14H23NO/c1-15-14(13-10-7-11-16-13)12-8-5-3-2-4-6-9-12/h7,10-12,14-15H,2-6,8-9H2,1H3. The maximum atomic E-state index is 5.55. The van der Waals surface area contributed by atoms with Crippen LogP contribution in [0.4, 0.5) is 0 Å². The summed E-state index contributed by atoms with van der Waals surface area (Å²) in [5.74, 6) is 1.85. The first-order valence-electron chi connectivity index (χ1n) is 6.62. The second-order valence-electron chi connectivity index (χ2n) is 4.89. The lowest BCUT2D eigenvalue weighted by molar-refractivity contribution is 0.268. The molecule has 0 bridgehead atoms. The van der Waals surface area contributed by atoms with E-state index >= 15 is 0 Å². The SMILES string of the molecule is CNC(c1ccco1)C1CCCCCCC1. The Morgan fingerprint density at radius 2 is 1.88 bits per heavy atom. The van der Waals surface area contributed by atoms with Crippen molar-refractivity contribution in [2.75, 3.05) is 7.05 Å². The van der Waals surface area contributed by atoms with Crippen molar-refractivity contribution in [3.63, 3.8) is 0 Å². The maximum Gasteiger partial charge on any atom is 0.120 e. The Hall–Kier alpha value is -0.760. The van der Waals surface area contributed by atoms with Crippen LogP contribution in [-0.4, -0.2) is 7.05 Å². The van der Waals surface area contributed by atoms with E-state index in [0.717, 1.165) is 11.7 Å². The summed E-state index contributed by atoms with van der Waals surface area (Å²) in [6.45, 7) is 0. The first-order chi connectivity index (χ1) is 7.92. The van der Waals surface area contributed by atoms with Crippen LogP contribution in [-0.2, 0) is 0 Å². The third-order valence-corrected chi connectivity index (χ3v) is 3.78. The van der Waals surface area contributed by atoms with Gasteiger partial charge in [0.15, 0.2) is 0 Å². The molecule has 1 aromatic heterocycles. The van der Waals surface area contributed by atoms with Crippen molar-refractivity contribution in [3.05, 3.63) is 24.2 Å². The predicted octanol–water partition coefficient (Wildman–Crippen LogP) is 3.90. The number of nitrogens with one attached hydrogen (secondary N) is 1. The fourth-order valence-corrected chi connectivity index (χ4v) is 2.90. The van der Waals surface area contributed by atoms with Gasteiger partial charge in [-0.2, -0.15) is 0 Å². The van der Waals surface area contributed by atoms with Crippen LogP contribution in [0.25, 0.3) is 0 Å². The lowest BCUT2D eigenvalue weighted by Gasteiger charge is -2.27. The zero-order chi connectivity index (χ0) is 11.2. The van der Waals surface area contributed by atoms with Crippen molar-refractivity contribution < 1.29 is 4.42 Å². The minimum Gasteiger partial charge on any atom is -0.468 e. The van der Waals surface area contributed by atoms with E-state index in [1.807, 2.05) is 13.1 Å². The summed E-state index contributed by atoms with van der Waals surface area (Å²) in [4.78, 5) is 0. The van der Waals surface area contributed by atoms with Gasteiger partial charge in [-0.3, -0.25) is 0 Å². The Morgan fingerprint density at radius 3 is 2.44 bits per heavy atom. The average Bonchev–Trinajstić information content (AvgIpc) is 2.75. The Bertz CT molecular complexity index is 273. The molecule has 0 spiro atoms. The number of rotatable bonds is 3. The van der Waals surface area contributed by atoms with Crippen LogP contribution in [0.15, 0.2) is 22.8 Å². The van der Waals surface area contributed by atoms with Gasteiger partial charge in [0.25, 0.3) is 0 Å². The lowest BCUT2D eigenvalue weighted by atomic mass is 9.85. The zero-order valence-electron chi connectivity index (χ0n) is 10.2. The summed E-state index contributed by atoms with van der Waals surface area (Å²) in [6, 6.07) is 4.50. The van der Waals surface area contributed by atoms with Crippen LogP contribution in [0.1, 0.15) is 56.7 Å². The number of hydrogen-bond donors (Lipinski definition) is 1. The van der Waals surface area contributed by atoms with Gasteiger partial charge in [0.05, 0.1) is 12.3 Å². The van der Waals surface area contributed by atoms with Gasteiger partial charge in [0.2, 0.25) is 0 Å². The molecule has 1 aliphatic rings. The smallest absolute Gasteiger partial charge is 0.120 e. The lowest BCUT2D eigenvalue weighted by Crippen LogP contribution is -2.25. The molecule has 1 aromatic rings. The molecule has 1 fully saturated rings. The molecule has 1 N–H and O–H groups in total. The van der Waals surface area contributed by atoms with E-state index in [1.165, 1.54) is 44.9 Å². The highest BCUT2D eigenvalue weighted by molar-refractivity contribution is 5.05. The topological polar surface area (TPSA) is 25.2 Å². The average molecular weight is 221 g/mol. The van der Waals surface area contributed by atoms with Crippen molar-refractivity contribution in [2.24, 2.45) is 5.92 Å². The molecule has 1 unspecified atom stereocenters. The van der Waals surface area contributed by atoms with Crippen LogP contribution in [0.2, 0.25) is 0 Å². The summed E-state index contributed by atoms with van der Waals surface area (Å²) in [5, 5.41) is 3.43. The Balaban J connectivity index is 2.01. The second-order valence-corrected chi connectivity index (χ2v) is 4.89. The van der Waals surface area contributed by atoms with E-state index in [4.69, 9.17) is 4.42 Å². The zero-order valence-corrected chi connectivity index (χ0v) is 10.2. The molecule has 1 heterocycles. The van der Waals surface area contributed by atoms with Crippen LogP contribution >= 0.6 is 0 Å². The molecule has 1 atom stereocenters. The highest BCUT2D eigenvalue weighted by Crippen LogP contribution is 2.32. The van der Waals surface area contributed by atoms with Gasteiger partial charge < -0.3 is 9.73 Å². The summed E-state index contributed by atoms with van der Waals surface area (Å²) in [5.41, 5.74) is 0. The van der Waals surface area contributed by atoms with Crippen molar-refractivity contribution in [3.8, 4) is 0 Å². The van der Waals surface area contributed by atoms with Crippen LogP contribution in [0.3, 0.4) is 0 Å². The molecule has 2 nitrogen and oxygen atoms in total. The Kier molecular flexibility index (Phi) is 4.46. The van der Waals surface area contributed by atoms with Gasteiger partial charge in [0.1, 0.15) is 5.76 Å². The largest absolute Gasteiger partial charge is 0.468 e. The molecule has 16 heavy (non-hydrogen) atoms. The Labute approximate surface area is 98.4 Å². The highest BCUT2D eigenvalue weighted by atomic mass is 16.3. The molecular weight excluding hydrogens is 198 g/mol. The molecule has 0 aromatic carbocycles. The molecule has 2 rings (SSSR count). The molecule has 1 saturated carbocycles. The van der Waals surface area contributed by atoms with Crippen molar-refractivity contribution in [2.45, 2.75) is 51.0 Å².